The van der Waals surface area contributed by atoms with E-state index in [2.05, 4.69) is 31.4 Å². The molecule has 2 atom stereocenters. The van der Waals surface area contributed by atoms with Gasteiger partial charge in [-0.1, -0.05) is 13.0 Å². The number of rotatable bonds is 27. The van der Waals surface area contributed by atoms with Crippen molar-refractivity contribution < 1.29 is 57.7 Å². The molecule has 11 N–H and O–H groups in total. The first kappa shape index (κ1) is 46.9. The fourth-order valence-electron chi connectivity index (χ4n) is 4.90. The number of ketones is 1. The minimum Gasteiger partial charge on any atom is -0.447 e. The van der Waals surface area contributed by atoms with E-state index in [-0.39, 0.29) is 96.3 Å². The molecule has 1 aliphatic heterocycles. The van der Waals surface area contributed by atoms with Crippen LogP contribution >= 0.6 is 0 Å². The average Bonchev–Trinajstić information content (AvgIpc) is 3.50. The highest BCUT2D eigenvalue weighted by molar-refractivity contribution is 6.31. The molecule has 2 unspecified atom stereocenters. The van der Waals surface area contributed by atoms with Crippen LogP contribution in [0.2, 0.25) is 0 Å². The highest BCUT2D eigenvalue weighted by atomic mass is 16.5. The molecule has 0 aliphatic carbocycles. The number of nitrogens with zero attached hydrogens (tertiary/aromatic N) is 3. The fraction of sp³-hybridized carbons (Fsp3) is 0.486. The predicted octanol–water partition coefficient (Wildman–Crippen LogP) is -1.77. The van der Waals surface area contributed by atoms with Gasteiger partial charge in [0.15, 0.2) is 0 Å². The molecule has 57 heavy (non-hydrogen) atoms. The van der Waals surface area contributed by atoms with Gasteiger partial charge in [-0.2, -0.15) is 5.10 Å². The van der Waals surface area contributed by atoms with E-state index >= 15 is 0 Å². The van der Waals surface area contributed by atoms with Gasteiger partial charge in [-0.3, -0.25) is 38.7 Å². The summed E-state index contributed by atoms with van der Waals surface area (Å²) in [6.45, 7) is 0.536. The monoisotopic (exact) mass is 802 g/mol. The number of aliphatic hydroxyl groups is 1. The number of ether oxygens (including phenoxy) is 3. The van der Waals surface area contributed by atoms with E-state index in [9.17, 15) is 43.5 Å². The molecule has 1 heterocycles. The third-order valence-corrected chi connectivity index (χ3v) is 7.93. The molecule has 1 aromatic rings. The third kappa shape index (κ3) is 18.8. The lowest BCUT2D eigenvalue weighted by molar-refractivity contribution is -0.138. The van der Waals surface area contributed by atoms with Gasteiger partial charge in [-0.15, -0.1) is 0 Å². The van der Waals surface area contributed by atoms with Crippen LogP contribution in [0.15, 0.2) is 40.4 Å². The Morgan fingerprint density at radius 2 is 1.72 bits per heavy atom. The Labute approximate surface area is 327 Å². The zero-order valence-electron chi connectivity index (χ0n) is 31.5. The molecule has 22 heteroatoms. The molecule has 0 bridgehead atoms. The van der Waals surface area contributed by atoms with Crippen LogP contribution in [-0.4, -0.2) is 128 Å². The van der Waals surface area contributed by atoms with Crippen LogP contribution in [0.5, 0.6) is 0 Å². The van der Waals surface area contributed by atoms with E-state index in [1.807, 2.05) is 0 Å². The first-order valence-electron chi connectivity index (χ1n) is 17.8. The van der Waals surface area contributed by atoms with Crippen LogP contribution in [0.25, 0.3) is 0 Å². The lowest BCUT2D eigenvalue weighted by Gasteiger charge is -2.19. The topological polar surface area (TPSA) is 339 Å². The van der Waals surface area contributed by atoms with Crippen LogP contribution in [0.3, 0.4) is 0 Å². The Balaban J connectivity index is 1.97. The maximum absolute atomic E-state index is 13.4. The number of amides is 8. The molecule has 0 aromatic heterocycles. The number of urea groups is 1. The van der Waals surface area contributed by atoms with Crippen molar-refractivity contribution in [3.05, 3.63) is 41.5 Å². The number of primary amides is 2. The SMILES string of the molecule is CCC(=O)CC(COC(N)=O)N=C/C(COCc1cc(NC(=O)C(CCCNC(N)=O)NC(=O)CNC(=O)CCOCCN2C(=O)C=CC2=O)ccc1CO)=N\N. The van der Waals surface area contributed by atoms with Gasteiger partial charge in [0, 0.05) is 49.9 Å². The van der Waals surface area contributed by atoms with Gasteiger partial charge in [-0.25, -0.2) is 9.59 Å². The largest absolute Gasteiger partial charge is 0.447 e. The Kier molecular flexibility index (Phi) is 21.2. The number of nitrogens with two attached hydrogens (primary N) is 3. The van der Waals surface area contributed by atoms with Gasteiger partial charge in [-0.05, 0) is 36.1 Å². The molecular weight excluding hydrogens is 752 g/mol. The molecule has 0 fully saturated rings. The number of nitrogens with one attached hydrogen (secondary N) is 4. The van der Waals surface area contributed by atoms with E-state index in [0.29, 0.717) is 16.8 Å². The lowest BCUT2D eigenvalue weighted by atomic mass is 10.1. The molecule has 0 radical (unpaired) electrons. The first-order valence-corrected chi connectivity index (χ1v) is 17.8. The summed E-state index contributed by atoms with van der Waals surface area (Å²) < 4.78 is 15.8. The number of Topliss-reactive ketones (excluding diaryl/α,β-unsaturated/α-hetero) is 1. The van der Waals surface area contributed by atoms with Crippen LogP contribution < -0.4 is 38.6 Å². The smallest absolute Gasteiger partial charge is 0.404 e. The zero-order valence-corrected chi connectivity index (χ0v) is 31.5. The normalized spacial score (nSPS) is 13.6. The number of benzene rings is 1. The summed E-state index contributed by atoms with van der Waals surface area (Å²) in [5.41, 5.74) is 11.6. The molecule has 0 saturated carbocycles. The van der Waals surface area contributed by atoms with Gasteiger partial charge in [0.1, 0.15) is 24.1 Å². The van der Waals surface area contributed by atoms with Crippen molar-refractivity contribution in [3.63, 3.8) is 0 Å². The lowest BCUT2D eigenvalue weighted by Crippen LogP contribution is -2.47. The molecular formula is C35H50N10O12. The number of hydrazone groups is 1. The Morgan fingerprint density at radius 3 is 2.37 bits per heavy atom. The Hall–Kier alpha value is -6.26. The van der Waals surface area contributed by atoms with Crippen molar-refractivity contribution in [2.24, 2.45) is 27.4 Å². The number of hydrogen-bond donors (Lipinski definition) is 8. The summed E-state index contributed by atoms with van der Waals surface area (Å²) >= 11 is 0. The first-order chi connectivity index (χ1) is 27.3. The van der Waals surface area contributed by atoms with E-state index in [1.165, 1.54) is 12.3 Å². The number of imide groups is 1. The predicted molar refractivity (Wildman–Crippen MR) is 203 cm³/mol. The minimum atomic E-state index is -1.11. The highest BCUT2D eigenvalue weighted by Gasteiger charge is 2.23. The van der Waals surface area contributed by atoms with E-state index in [4.69, 9.17) is 31.5 Å². The van der Waals surface area contributed by atoms with Crippen molar-refractivity contribution in [1.29, 1.82) is 0 Å². The van der Waals surface area contributed by atoms with Crippen molar-refractivity contribution in [2.75, 3.05) is 51.4 Å². The van der Waals surface area contributed by atoms with E-state index in [0.717, 1.165) is 17.1 Å². The van der Waals surface area contributed by atoms with Crippen molar-refractivity contribution in [1.82, 2.24) is 20.9 Å². The molecule has 8 amide bonds. The third-order valence-electron chi connectivity index (χ3n) is 7.93. The molecule has 1 aliphatic rings. The highest BCUT2D eigenvalue weighted by Crippen LogP contribution is 2.18. The number of carbonyl (C=O) groups is 8. The van der Waals surface area contributed by atoms with Gasteiger partial charge < -0.3 is 57.9 Å². The number of carbonyl (C=O) groups excluding carboxylic acids is 8. The standard InChI is InChI=1S/C35H50N10O12/c1-2-27(47)15-25(21-57-35(37)54)40-16-26(44-38)20-56-19-23-14-24(6-5-22(23)18-46)42-33(52)28(4-3-10-39-34(36)53)43-30(49)17-41-29(48)9-12-55-13-11-45-31(50)7-8-32(45)51/h5-8,14,16,25,28,46H,2-4,9-13,15,17-21,38H2,1H3,(H2,37,54)(H,41,48)(H,42,52)(H,43,49)(H3,36,39,53)/b40-16?,44-26+. The quantitative estimate of drug-likeness (QED) is 0.0161. The van der Waals surface area contributed by atoms with Crippen LogP contribution in [0, 0.1) is 0 Å². The van der Waals surface area contributed by atoms with Gasteiger partial charge >= 0.3 is 12.1 Å². The Bertz CT molecular complexity index is 1670. The zero-order chi connectivity index (χ0) is 42.2. The molecule has 22 nitrogen and oxygen atoms in total. The molecule has 312 valence electrons. The number of anilines is 1. The van der Waals surface area contributed by atoms with Crippen LogP contribution in [0.4, 0.5) is 15.3 Å². The minimum absolute atomic E-state index is 0.00529. The molecule has 2 rings (SSSR count). The van der Waals surface area contributed by atoms with Crippen molar-refractivity contribution in [3.8, 4) is 0 Å². The molecule has 0 saturated heterocycles. The summed E-state index contributed by atoms with van der Waals surface area (Å²) in [7, 11) is 0. The van der Waals surface area contributed by atoms with Gasteiger partial charge in [0.25, 0.3) is 11.8 Å². The average molecular weight is 803 g/mol. The van der Waals surface area contributed by atoms with Crippen LogP contribution in [-0.2, 0) is 56.2 Å². The maximum atomic E-state index is 13.4. The summed E-state index contributed by atoms with van der Waals surface area (Å²) in [5.74, 6) is 2.65. The summed E-state index contributed by atoms with van der Waals surface area (Å²) in [5, 5.41) is 23.6. The Morgan fingerprint density at radius 1 is 0.982 bits per heavy atom. The molecule has 0 spiro atoms. The van der Waals surface area contributed by atoms with Gasteiger partial charge in [0.05, 0.1) is 52.2 Å². The summed E-state index contributed by atoms with van der Waals surface area (Å²) in [6, 6.07) is 2.05. The summed E-state index contributed by atoms with van der Waals surface area (Å²) in [4.78, 5) is 101. The second-order valence-corrected chi connectivity index (χ2v) is 12.3. The second kappa shape index (κ2) is 25.8. The molecule has 1 aromatic carbocycles. The number of aliphatic hydroxyl groups excluding tert-OH is 1. The van der Waals surface area contributed by atoms with E-state index < -0.39 is 60.3 Å². The second-order valence-electron chi connectivity index (χ2n) is 12.3. The van der Waals surface area contributed by atoms with Crippen molar-refractivity contribution in [2.45, 2.75) is 64.3 Å². The van der Waals surface area contributed by atoms with Gasteiger partial charge in [0.2, 0.25) is 17.7 Å². The fourth-order valence-corrected chi connectivity index (χ4v) is 4.90. The van der Waals surface area contributed by atoms with E-state index in [1.54, 1.807) is 19.1 Å². The number of aliphatic imine (C=N–C) groups is 1. The maximum Gasteiger partial charge on any atom is 0.404 e. The number of hydrogen-bond acceptors (Lipinski definition) is 15. The van der Waals surface area contributed by atoms with Crippen molar-refractivity contribution >= 4 is 65.1 Å². The summed E-state index contributed by atoms with van der Waals surface area (Å²) in [6.07, 6.45) is 3.03. The van der Waals surface area contributed by atoms with Crippen LogP contribution in [0.1, 0.15) is 50.2 Å².